The van der Waals surface area contributed by atoms with E-state index in [2.05, 4.69) is 72.3 Å². The fourth-order valence-electron chi connectivity index (χ4n) is 4.70. The smallest absolute Gasteiger partial charge is 0.340 e. The highest BCUT2D eigenvalue weighted by Gasteiger charge is 2.26. The monoisotopic (exact) mass is 466 g/mol. The van der Waals surface area contributed by atoms with Crippen molar-refractivity contribution in [3.8, 4) is 0 Å². The van der Waals surface area contributed by atoms with E-state index in [0.29, 0.717) is 24.5 Å². The van der Waals surface area contributed by atoms with Gasteiger partial charge >= 0.3 is 5.97 Å². The molecule has 4 nitrogen and oxygen atoms in total. The Morgan fingerprint density at radius 2 is 1.89 bits per heavy atom. The minimum absolute atomic E-state index is 0.242. The average Bonchev–Trinajstić information content (AvgIpc) is 3.66. The number of rotatable bonds is 11. The molecular formula is C31H34N2O2. The van der Waals surface area contributed by atoms with Crippen molar-refractivity contribution in [3.05, 3.63) is 101 Å². The second-order valence-electron chi connectivity index (χ2n) is 9.69. The molecule has 1 saturated carbocycles. The van der Waals surface area contributed by atoms with Crippen molar-refractivity contribution < 1.29 is 9.53 Å². The summed E-state index contributed by atoms with van der Waals surface area (Å²) in [4.78, 5) is 17.6. The van der Waals surface area contributed by atoms with Crippen molar-refractivity contribution in [2.75, 3.05) is 6.61 Å². The highest BCUT2D eigenvalue weighted by molar-refractivity contribution is 5.91. The lowest BCUT2D eigenvalue weighted by Crippen LogP contribution is -2.12. The first-order chi connectivity index (χ1) is 17.2. The van der Waals surface area contributed by atoms with Crippen molar-refractivity contribution in [2.45, 2.75) is 64.3 Å². The number of aryl methyl sites for hydroxylation is 2. The Hall–Kier alpha value is -3.40. The van der Waals surface area contributed by atoms with Gasteiger partial charge in [-0.05, 0) is 84.4 Å². The number of nitrogens with zero attached hydrogens (tertiary/aromatic N) is 2. The number of hydrogen-bond acceptors (Lipinski definition) is 3. The average molecular weight is 467 g/mol. The Bertz CT molecular complexity index is 1290. The van der Waals surface area contributed by atoms with Gasteiger partial charge in [0.1, 0.15) is 0 Å². The van der Waals surface area contributed by atoms with Gasteiger partial charge in [-0.25, -0.2) is 4.79 Å². The van der Waals surface area contributed by atoms with Crippen LogP contribution in [0.4, 0.5) is 0 Å². The maximum atomic E-state index is 12.9. The number of pyridine rings is 1. The van der Waals surface area contributed by atoms with Crippen molar-refractivity contribution >= 4 is 16.9 Å². The minimum atomic E-state index is -0.242. The quantitative estimate of drug-likeness (QED) is 0.175. The summed E-state index contributed by atoms with van der Waals surface area (Å²) >= 11 is 0. The molecule has 0 aliphatic heterocycles. The highest BCUT2D eigenvalue weighted by Crippen LogP contribution is 2.40. The number of ether oxygens (including phenoxy) is 1. The number of hydrogen-bond donors (Lipinski definition) is 0. The summed E-state index contributed by atoms with van der Waals surface area (Å²) in [6, 6.07) is 21.5. The SMILES string of the molecule is CCCCOC(=O)c1cc(C2CC2)cnc1Cc1ccc2c(ccn2CCCc2ccccc2)c1. The molecule has 0 unspecified atom stereocenters. The molecule has 2 aromatic heterocycles. The molecule has 2 heterocycles. The number of carbonyl (C=O) groups is 1. The third-order valence-electron chi connectivity index (χ3n) is 6.91. The number of esters is 1. The van der Waals surface area contributed by atoms with E-state index in [4.69, 9.17) is 9.72 Å². The van der Waals surface area contributed by atoms with Crippen molar-refractivity contribution in [1.82, 2.24) is 9.55 Å². The standard InChI is InChI=1S/C31H34N2O2/c1-2-3-18-35-31(34)28-21-27(25-12-13-25)22-32-29(28)20-24-11-14-30-26(19-24)15-17-33(30)16-7-10-23-8-5-4-6-9-23/h4-6,8-9,11,14-15,17,19,21-22,25H,2-3,7,10,12-13,16,18,20H2,1H3. The molecule has 0 bridgehead atoms. The van der Waals surface area contributed by atoms with Crippen LogP contribution in [-0.4, -0.2) is 22.1 Å². The summed E-state index contributed by atoms with van der Waals surface area (Å²) in [5, 5.41) is 1.23. The van der Waals surface area contributed by atoms with Gasteiger partial charge in [0.05, 0.1) is 17.9 Å². The van der Waals surface area contributed by atoms with E-state index in [9.17, 15) is 4.79 Å². The number of unbranched alkanes of at least 4 members (excludes halogenated alkanes) is 1. The first kappa shape index (κ1) is 23.3. The highest BCUT2D eigenvalue weighted by atomic mass is 16.5. The minimum Gasteiger partial charge on any atom is -0.462 e. The zero-order valence-corrected chi connectivity index (χ0v) is 20.6. The molecule has 0 radical (unpaired) electrons. The fraction of sp³-hybridized carbons (Fsp3) is 0.355. The zero-order chi connectivity index (χ0) is 24.0. The number of fused-ring (bicyclic) bond motifs is 1. The Morgan fingerprint density at radius 1 is 1.03 bits per heavy atom. The topological polar surface area (TPSA) is 44.1 Å². The van der Waals surface area contributed by atoms with Gasteiger partial charge in [-0.15, -0.1) is 0 Å². The lowest BCUT2D eigenvalue weighted by atomic mass is 10.0. The molecule has 0 atom stereocenters. The van der Waals surface area contributed by atoms with Gasteiger partial charge in [-0.3, -0.25) is 4.98 Å². The van der Waals surface area contributed by atoms with Crippen LogP contribution in [0.5, 0.6) is 0 Å². The van der Waals surface area contributed by atoms with Gasteiger partial charge in [0.15, 0.2) is 0 Å². The van der Waals surface area contributed by atoms with Crippen LogP contribution in [0, 0.1) is 0 Å². The number of aromatic nitrogens is 2. The molecule has 5 rings (SSSR count). The molecule has 0 amide bonds. The molecule has 1 fully saturated rings. The molecular weight excluding hydrogens is 432 g/mol. The van der Waals surface area contributed by atoms with Crippen molar-refractivity contribution in [3.63, 3.8) is 0 Å². The van der Waals surface area contributed by atoms with Crippen LogP contribution in [0.2, 0.25) is 0 Å². The van der Waals surface area contributed by atoms with E-state index >= 15 is 0 Å². The van der Waals surface area contributed by atoms with Crippen molar-refractivity contribution in [2.24, 2.45) is 0 Å². The Morgan fingerprint density at radius 3 is 2.69 bits per heavy atom. The molecule has 0 N–H and O–H groups in total. The van der Waals surface area contributed by atoms with E-state index in [1.807, 2.05) is 12.3 Å². The molecule has 1 aliphatic rings. The Labute approximate surface area is 208 Å². The molecule has 1 aliphatic carbocycles. The largest absolute Gasteiger partial charge is 0.462 e. The van der Waals surface area contributed by atoms with E-state index < -0.39 is 0 Å². The lowest BCUT2D eigenvalue weighted by molar-refractivity contribution is 0.0498. The summed E-state index contributed by atoms with van der Waals surface area (Å²) in [5.74, 6) is 0.311. The van der Waals surface area contributed by atoms with E-state index in [0.717, 1.165) is 43.5 Å². The molecule has 2 aromatic carbocycles. The molecule has 4 heteroatoms. The predicted molar refractivity (Wildman–Crippen MR) is 141 cm³/mol. The summed E-state index contributed by atoms with van der Waals surface area (Å²) in [6.07, 6.45) is 11.2. The van der Waals surface area contributed by atoms with Gasteiger partial charge in [0.2, 0.25) is 0 Å². The van der Waals surface area contributed by atoms with Crippen LogP contribution in [0.15, 0.2) is 73.1 Å². The maximum absolute atomic E-state index is 12.9. The maximum Gasteiger partial charge on any atom is 0.340 e. The van der Waals surface area contributed by atoms with Crippen molar-refractivity contribution in [1.29, 1.82) is 0 Å². The van der Waals surface area contributed by atoms with E-state index in [1.54, 1.807) is 0 Å². The molecule has 0 spiro atoms. The van der Waals surface area contributed by atoms with Crippen LogP contribution in [0.25, 0.3) is 10.9 Å². The molecule has 0 saturated heterocycles. The summed E-state index contributed by atoms with van der Waals surface area (Å²) in [7, 11) is 0. The Kier molecular flexibility index (Phi) is 7.27. The van der Waals surface area contributed by atoms with Gasteiger partial charge in [0.25, 0.3) is 0 Å². The fourth-order valence-corrected chi connectivity index (χ4v) is 4.70. The predicted octanol–water partition coefficient (Wildman–Crippen LogP) is 7.09. The summed E-state index contributed by atoms with van der Waals surface area (Å²) in [6.45, 7) is 3.56. The second kappa shape index (κ2) is 10.9. The van der Waals surface area contributed by atoms with Gasteiger partial charge in [-0.2, -0.15) is 0 Å². The molecule has 180 valence electrons. The molecule has 35 heavy (non-hydrogen) atoms. The van der Waals surface area contributed by atoms with Gasteiger partial charge in [0, 0.05) is 30.9 Å². The van der Waals surface area contributed by atoms with Crippen LogP contribution in [0.1, 0.15) is 77.7 Å². The summed E-state index contributed by atoms with van der Waals surface area (Å²) in [5.41, 5.74) is 6.39. The third-order valence-corrected chi connectivity index (χ3v) is 6.91. The van der Waals surface area contributed by atoms with E-state index in [1.165, 1.54) is 34.9 Å². The van der Waals surface area contributed by atoms with E-state index in [-0.39, 0.29) is 5.97 Å². The first-order valence-corrected chi connectivity index (χ1v) is 13.0. The first-order valence-electron chi connectivity index (χ1n) is 13.0. The van der Waals surface area contributed by atoms with Crippen LogP contribution >= 0.6 is 0 Å². The van der Waals surface area contributed by atoms with Crippen LogP contribution in [-0.2, 0) is 24.1 Å². The zero-order valence-electron chi connectivity index (χ0n) is 20.6. The van der Waals surface area contributed by atoms with Gasteiger partial charge < -0.3 is 9.30 Å². The third kappa shape index (κ3) is 5.82. The lowest BCUT2D eigenvalue weighted by Gasteiger charge is -2.11. The van der Waals surface area contributed by atoms with Crippen LogP contribution in [0.3, 0.4) is 0 Å². The number of carbonyl (C=O) groups excluding carboxylic acids is 1. The molecule has 4 aromatic rings. The van der Waals surface area contributed by atoms with Crippen LogP contribution < -0.4 is 0 Å². The normalized spacial score (nSPS) is 13.3. The Balaban J connectivity index is 1.30. The van der Waals surface area contributed by atoms with Gasteiger partial charge in [-0.1, -0.05) is 49.7 Å². The second-order valence-corrected chi connectivity index (χ2v) is 9.69. The number of benzene rings is 2. The summed E-state index contributed by atoms with van der Waals surface area (Å²) < 4.78 is 7.90.